The summed E-state index contributed by atoms with van der Waals surface area (Å²) in [5.74, 6) is -0.273. The first-order valence-corrected chi connectivity index (χ1v) is 6.79. The molecule has 0 aliphatic heterocycles. The quantitative estimate of drug-likeness (QED) is 0.727. The van der Waals surface area contributed by atoms with Crippen LogP contribution < -0.4 is 11.1 Å². The topological polar surface area (TPSA) is 78.6 Å². The lowest BCUT2D eigenvalue weighted by atomic mass is 10.1. The van der Waals surface area contributed by atoms with Crippen molar-refractivity contribution in [1.29, 1.82) is 0 Å². The molecule has 4 N–H and O–H groups in total. The van der Waals surface area contributed by atoms with E-state index in [1.165, 1.54) is 12.1 Å². The first kappa shape index (κ1) is 17.0. The van der Waals surface area contributed by atoms with Crippen LogP contribution in [0.25, 0.3) is 0 Å². The van der Waals surface area contributed by atoms with Crippen molar-refractivity contribution in [2.45, 2.75) is 19.4 Å². The Morgan fingerprint density at radius 1 is 1.45 bits per heavy atom. The molecule has 1 amide bonds. The lowest BCUT2D eigenvalue weighted by Crippen LogP contribution is -2.47. The number of halogens is 2. The molecule has 0 atom stereocenters. The van der Waals surface area contributed by atoms with Crippen molar-refractivity contribution in [2.75, 3.05) is 31.2 Å². The Hall–Kier alpha value is -1.01. The minimum Gasteiger partial charge on any atom is -0.397 e. The van der Waals surface area contributed by atoms with Crippen LogP contribution in [0, 0.1) is 0 Å². The highest BCUT2D eigenvalue weighted by Gasteiger charge is 2.24. The Kier molecular flexibility index (Phi) is 5.65. The summed E-state index contributed by atoms with van der Waals surface area (Å²) >= 11 is 11.8. The van der Waals surface area contributed by atoms with E-state index in [9.17, 15) is 9.90 Å². The molecule has 5 nitrogen and oxygen atoms in total. The van der Waals surface area contributed by atoms with Crippen molar-refractivity contribution in [1.82, 2.24) is 4.90 Å². The number of benzene rings is 1. The molecule has 7 heteroatoms. The van der Waals surface area contributed by atoms with E-state index in [2.05, 4.69) is 5.32 Å². The number of nitrogens with two attached hydrogens (primary N) is 1. The summed E-state index contributed by atoms with van der Waals surface area (Å²) in [6, 6.07) is 3.03. The van der Waals surface area contributed by atoms with E-state index in [0.717, 1.165) is 0 Å². The average Bonchev–Trinajstić information content (AvgIpc) is 2.33. The molecule has 20 heavy (non-hydrogen) atoms. The molecule has 1 aromatic rings. The number of hydrogen-bond donors (Lipinski definition) is 3. The van der Waals surface area contributed by atoms with Crippen LogP contribution in [0.5, 0.6) is 0 Å². The van der Waals surface area contributed by atoms with Crippen molar-refractivity contribution in [3.05, 3.63) is 22.2 Å². The molecule has 1 rings (SSSR count). The Balaban J connectivity index is 2.78. The van der Waals surface area contributed by atoms with Gasteiger partial charge in [-0.2, -0.15) is 0 Å². The zero-order valence-electron chi connectivity index (χ0n) is 11.7. The van der Waals surface area contributed by atoms with Gasteiger partial charge in [0, 0.05) is 10.6 Å². The van der Waals surface area contributed by atoms with Crippen molar-refractivity contribution in [3.8, 4) is 0 Å². The van der Waals surface area contributed by atoms with Crippen molar-refractivity contribution >= 4 is 40.5 Å². The molecule has 0 fully saturated rings. The monoisotopic (exact) mass is 319 g/mol. The first-order valence-electron chi connectivity index (χ1n) is 6.04. The number of nitrogen functional groups attached to an aromatic ring is 1. The summed E-state index contributed by atoms with van der Waals surface area (Å²) in [5, 5.41) is 12.6. The number of likely N-dealkylation sites (N-methyl/N-ethyl adjacent to an activating group) is 1. The van der Waals surface area contributed by atoms with Gasteiger partial charge in [-0.3, -0.25) is 9.69 Å². The van der Waals surface area contributed by atoms with Gasteiger partial charge in [0.05, 0.1) is 29.5 Å². The second kappa shape index (κ2) is 6.63. The highest BCUT2D eigenvalue weighted by atomic mass is 35.5. The summed E-state index contributed by atoms with van der Waals surface area (Å²) in [5.41, 5.74) is 5.93. The summed E-state index contributed by atoms with van der Waals surface area (Å²) in [6.45, 7) is 3.72. The van der Waals surface area contributed by atoms with Crippen LogP contribution >= 0.6 is 23.2 Å². The van der Waals surface area contributed by atoms with E-state index in [1.807, 2.05) is 13.8 Å². The minimum absolute atomic E-state index is 0.0549. The molecule has 0 spiro atoms. The van der Waals surface area contributed by atoms with Gasteiger partial charge in [-0.25, -0.2) is 0 Å². The molecule has 0 aliphatic rings. The molecule has 0 saturated heterocycles. The Bertz CT molecular complexity index is 483. The third kappa shape index (κ3) is 4.24. The summed E-state index contributed by atoms with van der Waals surface area (Å²) < 4.78 is 0. The molecule has 0 saturated carbocycles. The second-order valence-electron chi connectivity index (χ2n) is 5.23. The standard InChI is InChI=1S/C13H19Cl2N3O2/c1-13(2,7-19)18(3)6-11(20)17-12-9(15)4-8(14)5-10(12)16/h4-5,19H,6-7,16H2,1-3H3,(H,17,20). The summed E-state index contributed by atoms with van der Waals surface area (Å²) in [4.78, 5) is 13.7. The number of nitrogens with zero attached hydrogens (tertiary/aromatic N) is 1. The molecule has 0 unspecified atom stereocenters. The smallest absolute Gasteiger partial charge is 0.238 e. The van der Waals surface area contributed by atoms with Gasteiger partial charge in [0.2, 0.25) is 5.91 Å². The van der Waals surface area contributed by atoms with Gasteiger partial charge in [0.15, 0.2) is 0 Å². The Labute approximate surface area is 128 Å². The van der Waals surface area contributed by atoms with Gasteiger partial charge in [0.1, 0.15) is 0 Å². The SMILES string of the molecule is CN(CC(=O)Nc1c(N)cc(Cl)cc1Cl)C(C)(C)CO. The molecule has 0 radical (unpaired) electrons. The van der Waals surface area contributed by atoms with E-state index in [4.69, 9.17) is 28.9 Å². The van der Waals surface area contributed by atoms with Gasteiger partial charge in [-0.1, -0.05) is 23.2 Å². The summed E-state index contributed by atoms with van der Waals surface area (Å²) in [7, 11) is 1.75. The zero-order valence-corrected chi connectivity index (χ0v) is 13.2. The lowest BCUT2D eigenvalue weighted by molar-refractivity contribution is -0.118. The molecule has 0 aromatic heterocycles. The van der Waals surface area contributed by atoms with Crippen molar-refractivity contribution in [3.63, 3.8) is 0 Å². The molecular formula is C13H19Cl2N3O2. The van der Waals surface area contributed by atoms with Gasteiger partial charge >= 0.3 is 0 Å². The van der Waals surface area contributed by atoms with Crippen LogP contribution in [-0.4, -0.2) is 41.7 Å². The molecule has 0 heterocycles. The Morgan fingerprint density at radius 2 is 2.05 bits per heavy atom. The first-order chi connectivity index (χ1) is 9.17. The van der Waals surface area contributed by atoms with Crippen molar-refractivity contribution < 1.29 is 9.90 Å². The number of aliphatic hydroxyl groups excluding tert-OH is 1. The van der Waals surface area contributed by atoms with Gasteiger partial charge in [-0.15, -0.1) is 0 Å². The lowest BCUT2D eigenvalue weighted by Gasteiger charge is -2.33. The highest BCUT2D eigenvalue weighted by molar-refractivity contribution is 6.37. The number of amides is 1. The predicted octanol–water partition coefficient (Wildman–Crippen LogP) is 2.22. The Morgan fingerprint density at radius 3 is 2.55 bits per heavy atom. The fourth-order valence-electron chi connectivity index (χ4n) is 1.45. The maximum atomic E-state index is 12.0. The van der Waals surface area contributed by atoms with E-state index < -0.39 is 5.54 Å². The van der Waals surface area contributed by atoms with Crippen LogP contribution in [0.2, 0.25) is 10.0 Å². The van der Waals surface area contributed by atoms with E-state index in [-0.39, 0.29) is 24.1 Å². The number of carbonyl (C=O) groups excluding carboxylic acids is 1. The molecule has 0 aliphatic carbocycles. The zero-order chi connectivity index (χ0) is 15.5. The number of hydrogen-bond acceptors (Lipinski definition) is 4. The third-order valence-corrected chi connectivity index (χ3v) is 3.67. The van der Waals surface area contributed by atoms with Crippen LogP contribution in [0.3, 0.4) is 0 Å². The highest BCUT2D eigenvalue weighted by Crippen LogP contribution is 2.32. The third-order valence-electron chi connectivity index (χ3n) is 3.15. The van der Waals surface area contributed by atoms with Gasteiger partial charge < -0.3 is 16.2 Å². The van der Waals surface area contributed by atoms with E-state index in [1.54, 1.807) is 11.9 Å². The maximum absolute atomic E-state index is 12.0. The van der Waals surface area contributed by atoms with Gasteiger partial charge in [0.25, 0.3) is 0 Å². The van der Waals surface area contributed by atoms with Crippen LogP contribution in [0.4, 0.5) is 11.4 Å². The average molecular weight is 320 g/mol. The molecular weight excluding hydrogens is 301 g/mol. The van der Waals surface area contributed by atoms with E-state index in [0.29, 0.717) is 16.4 Å². The number of aliphatic hydroxyl groups is 1. The van der Waals surface area contributed by atoms with Crippen LogP contribution in [0.1, 0.15) is 13.8 Å². The largest absolute Gasteiger partial charge is 0.397 e. The maximum Gasteiger partial charge on any atom is 0.238 e. The normalized spacial score (nSPS) is 11.8. The number of rotatable bonds is 5. The number of nitrogens with one attached hydrogen (secondary N) is 1. The van der Waals surface area contributed by atoms with Crippen molar-refractivity contribution in [2.24, 2.45) is 0 Å². The van der Waals surface area contributed by atoms with Gasteiger partial charge in [-0.05, 0) is 33.0 Å². The molecule has 0 bridgehead atoms. The molecule has 1 aromatic carbocycles. The predicted molar refractivity (Wildman–Crippen MR) is 83.3 cm³/mol. The van der Waals surface area contributed by atoms with Crippen LogP contribution in [0.15, 0.2) is 12.1 Å². The van der Waals surface area contributed by atoms with E-state index >= 15 is 0 Å². The minimum atomic E-state index is -0.493. The summed E-state index contributed by atoms with van der Waals surface area (Å²) in [6.07, 6.45) is 0. The fraction of sp³-hybridized carbons (Fsp3) is 0.462. The van der Waals surface area contributed by atoms with Crippen LogP contribution in [-0.2, 0) is 4.79 Å². The fourth-order valence-corrected chi connectivity index (χ4v) is 2.01. The number of carbonyl (C=O) groups is 1. The second-order valence-corrected chi connectivity index (χ2v) is 6.07. The molecule has 112 valence electrons. The number of anilines is 2.